The first kappa shape index (κ1) is 16.6. The van der Waals surface area contributed by atoms with Crippen molar-refractivity contribution in [3.8, 4) is 5.75 Å². The molecule has 2 aromatic rings. The fraction of sp³-hybridized carbons (Fsp3) is 0.294. The lowest BCUT2D eigenvalue weighted by Gasteiger charge is -2.18. The zero-order chi connectivity index (χ0) is 16.8. The quantitative estimate of drug-likeness (QED) is 0.856. The second-order valence-corrected chi connectivity index (χ2v) is 5.19. The third-order valence-corrected chi connectivity index (χ3v) is 3.38. The lowest BCUT2D eigenvalue weighted by atomic mass is 10.0. The van der Waals surface area contributed by atoms with Crippen molar-refractivity contribution >= 4 is 11.8 Å². The number of carbonyl (C=O) groups is 2. The standard InChI is InChI=1S/C17H20N2O4/c1-11-6-7-14(22-3)13(9-11)12(2)19-16(20)10-18-17(21)15-5-4-8-23-15/h4-9,12H,10H2,1-3H3,(H,18,21)(H,19,20)/t12-/m1/s1. The topological polar surface area (TPSA) is 80.6 Å². The molecule has 2 N–H and O–H groups in total. The minimum Gasteiger partial charge on any atom is -0.496 e. The summed E-state index contributed by atoms with van der Waals surface area (Å²) in [6.45, 7) is 3.71. The van der Waals surface area contributed by atoms with E-state index in [9.17, 15) is 9.59 Å². The van der Waals surface area contributed by atoms with Crippen molar-refractivity contribution in [1.82, 2.24) is 10.6 Å². The van der Waals surface area contributed by atoms with Gasteiger partial charge in [0.25, 0.3) is 5.91 Å². The van der Waals surface area contributed by atoms with E-state index in [0.717, 1.165) is 11.1 Å². The Labute approximate surface area is 134 Å². The number of aryl methyl sites for hydroxylation is 1. The summed E-state index contributed by atoms with van der Waals surface area (Å²) in [5.74, 6) is 0.168. The number of ether oxygens (including phenoxy) is 1. The predicted molar refractivity (Wildman–Crippen MR) is 85.3 cm³/mol. The van der Waals surface area contributed by atoms with Gasteiger partial charge in [0.1, 0.15) is 5.75 Å². The van der Waals surface area contributed by atoms with E-state index in [0.29, 0.717) is 5.75 Å². The highest BCUT2D eigenvalue weighted by atomic mass is 16.5. The molecule has 23 heavy (non-hydrogen) atoms. The SMILES string of the molecule is COc1ccc(C)cc1[C@@H](C)NC(=O)CNC(=O)c1ccco1. The van der Waals surface area contributed by atoms with Crippen molar-refractivity contribution in [3.63, 3.8) is 0 Å². The minimum atomic E-state index is -0.425. The van der Waals surface area contributed by atoms with Gasteiger partial charge in [0.2, 0.25) is 5.91 Å². The predicted octanol–water partition coefficient (Wildman–Crippen LogP) is 2.20. The molecule has 1 atom stereocenters. The average Bonchev–Trinajstić information content (AvgIpc) is 3.07. The smallest absolute Gasteiger partial charge is 0.287 e. The van der Waals surface area contributed by atoms with Crippen molar-refractivity contribution < 1.29 is 18.7 Å². The van der Waals surface area contributed by atoms with Gasteiger partial charge in [-0.3, -0.25) is 9.59 Å². The van der Waals surface area contributed by atoms with Crippen molar-refractivity contribution in [3.05, 3.63) is 53.5 Å². The maximum Gasteiger partial charge on any atom is 0.287 e. The molecule has 0 aliphatic carbocycles. The molecule has 6 heteroatoms. The maximum atomic E-state index is 12.0. The van der Waals surface area contributed by atoms with E-state index in [2.05, 4.69) is 10.6 Å². The maximum absolute atomic E-state index is 12.0. The monoisotopic (exact) mass is 316 g/mol. The van der Waals surface area contributed by atoms with Gasteiger partial charge in [0.15, 0.2) is 5.76 Å². The number of carbonyl (C=O) groups excluding carboxylic acids is 2. The van der Waals surface area contributed by atoms with Crippen molar-refractivity contribution in [2.24, 2.45) is 0 Å². The van der Waals surface area contributed by atoms with Crippen LogP contribution in [0.2, 0.25) is 0 Å². The van der Waals surface area contributed by atoms with E-state index >= 15 is 0 Å². The summed E-state index contributed by atoms with van der Waals surface area (Å²) in [6.07, 6.45) is 1.40. The van der Waals surface area contributed by atoms with E-state index in [1.807, 2.05) is 32.0 Å². The highest BCUT2D eigenvalue weighted by molar-refractivity contribution is 5.94. The van der Waals surface area contributed by atoms with Crippen LogP contribution in [0.3, 0.4) is 0 Å². The van der Waals surface area contributed by atoms with Crippen LogP contribution in [0.4, 0.5) is 0 Å². The Balaban J connectivity index is 1.92. The normalized spacial score (nSPS) is 11.6. The average molecular weight is 316 g/mol. The largest absolute Gasteiger partial charge is 0.496 e. The van der Waals surface area contributed by atoms with E-state index in [-0.39, 0.29) is 24.3 Å². The van der Waals surface area contributed by atoms with Crippen molar-refractivity contribution in [2.75, 3.05) is 13.7 Å². The zero-order valence-corrected chi connectivity index (χ0v) is 13.4. The van der Waals surface area contributed by atoms with Crippen LogP contribution >= 0.6 is 0 Å². The summed E-state index contributed by atoms with van der Waals surface area (Å²) >= 11 is 0. The van der Waals surface area contributed by atoms with Gasteiger partial charge >= 0.3 is 0 Å². The first-order chi connectivity index (χ1) is 11.0. The lowest BCUT2D eigenvalue weighted by molar-refractivity contribution is -0.120. The van der Waals surface area contributed by atoms with Crippen molar-refractivity contribution in [2.45, 2.75) is 19.9 Å². The van der Waals surface area contributed by atoms with Gasteiger partial charge in [-0.25, -0.2) is 0 Å². The molecular weight excluding hydrogens is 296 g/mol. The van der Waals surface area contributed by atoms with Crippen LogP contribution in [0.5, 0.6) is 5.75 Å². The van der Waals surface area contributed by atoms with Crippen LogP contribution in [0.15, 0.2) is 41.0 Å². The van der Waals surface area contributed by atoms with E-state index in [4.69, 9.17) is 9.15 Å². The Morgan fingerprint density at radius 3 is 2.74 bits per heavy atom. The van der Waals surface area contributed by atoms with Gasteiger partial charge in [-0.2, -0.15) is 0 Å². The number of hydrogen-bond acceptors (Lipinski definition) is 4. The Bertz CT molecular complexity index is 680. The second-order valence-electron chi connectivity index (χ2n) is 5.19. The molecule has 0 saturated carbocycles. The number of amides is 2. The minimum absolute atomic E-state index is 0.127. The van der Waals surface area contributed by atoms with E-state index in [1.165, 1.54) is 12.3 Å². The molecule has 1 heterocycles. The molecule has 0 bridgehead atoms. The third-order valence-electron chi connectivity index (χ3n) is 3.38. The van der Waals surface area contributed by atoms with Crippen molar-refractivity contribution in [1.29, 1.82) is 0 Å². The van der Waals surface area contributed by atoms with Crippen LogP contribution < -0.4 is 15.4 Å². The van der Waals surface area contributed by atoms with E-state index in [1.54, 1.807) is 13.2 Å². The first-order valence-electron chi connectivity index (χ1n) is 7.27. The summed E-state index contributed by atoms with van der Waals surface area (Å²) in [5.41, 5.74) is 1.96. The number of furan rings is 1. The highest BCUT2D eigenvalue weighted by Crippen LogP contribution is 2.25. The highest BCUT2D eigenvalue weighted by Gasteiger charge is 2.15. The van der Waals surface area contributed by atoms with Gasteiger partial charge in [0, 0.05) is 5.56 Å². The summed E-state index contributed by atoms with van der Waals surface area (Å²) in [4.78, 5) is 23.7. The molecule has 0 spiro atoms. The zero-order valence-electron chi connectivity index (χ0n) is 13.4. The second kappa shape index (κ2) is 7.49. The van der Waals surface area contributed by atoms with Gasteiger partial charge in [-0.15, -0.1) is 0 Å². The summed E-state index contributed by atoms with van der Waals surface area (Å²) in [7, 11) is 1.59. The van der Waals surface area contributed by atoms with Gasteiger partial charge in [-0.05, 0) is 32.0 Å². The molecule has 6 nitrogen and oxygen atoms in total. The molecule has 0 radical (unpaired) electrons. The van der Waals surface area contributed by atoms with Crippen LogP contribution in [0.1, 0.15) is 34.6 Å². The van der Waals surface area contributed by atoms with Gasteiger partial charge in [-0.1, -0.05) is 17.7 Å². The molecule has 1 aromatic carbocycles. The molecule has 2 rings (SSSR count). The first-order valence-corrected chi connectivity index (χ1v) is 7.27. The fourth-order valence-corrected chi connectivity index (χ4v) is 2.22. The summed E-state index contributed by atoms with van der Waals surface area (Å²) < 4.78 is 10.3. The molecule has 122 valence electrons. The molecule has 0 saturated heterocycles. The molecule has 0 aliphatic rings. The molecule has 0 fully saturated rings. The number of rotatable bonds is 6. The molecular formula is C17H20N2O4. The Morgan fingerprint density at radius 2 is 2.09 bits per heavy atom. The number of benzene rings is 1. The Morgan fingerprint density at radius 1 is 1.30 bits per heavy atom. The number of hydrogen-bond donors (Lipinski definition) is 2. The molecule has 0 aliphatic heterocycles. The van der Waals surface area contributed by atoms with Crippen LogP contribution in [-0.2, 0) is 4.79 Å². The van der Waals surface area contributed by atoms with Crippen LogP contribution in [0.25, 0.3) is 0 Å². The van der Waals surface area contributed by atoms with Crippen LogP contribution in [0, 0.1) is 6.92 Å². The van der Waals surface area contributed by atoms with E-state index < -0.39 is 5.91 Å². The van der Waals surface area contributed by atoms with Gasteiger partial charge < -0.3 is 19.8 Å². The molecule has 1 aromatic heterocycles. The lowest BCUT2D eigenvalue weighted by Crippen LogP contribution is -2.38. The summed E-state index contributed by atoms with van der Waals surface area (Å²) in [5, 5.41) is 5.34. The Kier molecular flexibility index (Phi) is 5.41. The third kappa shape index (κ3) is 4.35. The van der Waals surface area contributed by atoms with Crippen LogP contribution in [-0.4, -0.2) is 25.5 Å². The fourth-order valence-electron chi connectivity index (χ4n) is 2.22. The van der Waals surface area contributed by atoms with Gasteiger partial charge in [0.05, 0.1) is 26.0 Å². The number of methoxy groups -OCH3 is 1. The molecule has 0 unspecified atom stereocenters. The summed E-state index contributed by atoms with van der Waals surface area (Å²) in [6, 6.07) is 8.68. The Hall–Kier alpha value is -2.76. The molecule has 2 amide bonds. The number of nitrogens with one attached hydrogen (secondary N) is 2.